The topological polar surface area (TPSA) is 82.1 Å². The van der Waals surface area contributed by atoms with Crippen LogP contribution in [0.25, 0.3) is 32.9 Å². The monoisotopic (exact) mass is 633 g/mol. The summed E-state index contributed by atoms with van der Waals surface area (Å²) < 4.78 is 68.9. The Hall–Kier alpha value is -4.18. The first-order chi connectivity index (χ1) is 22.4. The molecule has 240 valence electrons. The van der Waals surface area contributed by atoms with Gasteiger partial charge in [0.1, 0.15) is 41.4 Å². The maximum atomic E-state index is 16.9. The highest BCUT2D eigenvalue weighted by molar-refractivity contribution is 6.03. The molecule has 9 nitrogen and oxygen atoms in total. The van der Waals surface area contributed by atoms with Gasteiger partial charge in [-0.15, -0.1) is 6.42 Å². The average molecular weight is 634 g/mol. The summed E-state index contributed by atoms with van der Waals surface area (Å²) in [6, 6.07) is 6.05. The van der Waals surface area contributed by atoms with E-state index in [1.165, 1.54) is 19.4 Å². The second-order valence-electron chi connectivity index (χ2n) is 12.0. The molecule has 2 atom stereocenters. The molecule has 0 saturated carbocycles. The van der Waals surface area contributed by atoms with Gasteiger partial charge in [0.15, 0.2) is 12.6 Å². The number of alkyl halides is 1. The number of anilines is 1. The molecule has 3 fully saturated rings. The second-order valence-corrected chi connectivity index (χ2v) is 12.0. The van der Waals surface area contributed by atoms with Crippen LogP contribution in [0, 0.1) is 24.0 Å². The van der Waals surface area contributed by atoms with Crippen molar-refractivity contribution in [2.24, 2.45) is 0 Å². The van der Waals surface area contributed by atoms with Crippen molar-refractivity contribution >= 4 is 27.5 Å². The van der Waals surface area contributed by atoms with Crippen molar-refractivity contribution in [3.05, 3.63) is 47.7 Å². The van der Waals surface area contributed by atoms with Crippen molar-refractivity contribution in [2.45, 2.75) is 37.4 Å². The third-order valence-electron chi connectivity index (χ3n) is 9.18. The largest absolute Gasteiger partial charge is 0.468 e. The Morgan fingerprint density at radius 2 is 2.00 bits per heavy atom. The first kappa shape index (κ1) is 30.5. The number of pyridine rings is 1. The number of halogens is 3. The number of ether oxygens (including phenoxy) is 4. The number of methoxy groups -OCH3 is 1. The van der Waals surface area contributed by atoms with Gasteiger partial charge in [-0.3, -0.25) is 9.88 Å². The van der Waals surface area contributed by atoms with E-state index in [0.717, 1.165) is 25.8 Å². The van der Waals surface area contributed by atoms with Crippen LogP contribution in [0.2, 0.25) is 0 Å². The van der Waals surface area contributed by atoms with Crippen LogP contribution in [0.1, 0.15) is 31.2 Å². The zero-order valence-electron chi connectivity index (χ0n) is 25.5. The minimum atomic E-state index is -0.920. The summed E-state index contributed by atoms with van der Waals surface area (Å²) >= 11 is 0. The smallest absolute Gasteiger partial charge is 0.319 e. The number of aromatic nitrogens is 3. The van der Waals surface area contributed by atoms with Gasteiger partial charge in [0.25, 0.3) is 0 Å². The molecule has 0 N–H and O–H groups in total. The molecule has 2 aromatic heterocycles. The Kier molecular flexibility index (Phi) is 8.31. The van der Waals surface area contributed by atoms with Gasteiger partial charge in [0.05, 0.1) is 23.1 Å². The second kappa shape index (κ2) is 12.5. The predicted molar refractivity (Wildman–Crippen MR) is 167 cm³/mol. The lowest BCUT2D eigenvalue weighted by molar-refractivity contribution is 0.0512. The van der Waals surface area contributed by atoms with Crippen LogP contribution in [0.15, 0.2) is 30.5 Å². The number of benzene rings is 2. The summed E-state index contributed by atoms with van der Waals surface area (Å²) in [5, 5.41) is 1.25. The summed E-state index contributed by atoms with van der Waals surface area (Å²) in [7, 11) is 1.48. The van der Waals surface area contributed by atoms with E-state index in [9.17, 15) is 8.78 Å². The van der Waals surface area contributed by atoms with Crippen molar-refractivity contribution in [1.82, 2.24) is 19.9 Å². The molecule has 0 aliphatic carbocycles. The van der Waals surface area contributed by atoms with Gasteiger partial charge in [-0.2, -0.15) is 9.97 Å². The Balaban J connectivity index is 1.38. The molecule has 3 saturated heterocycles. The van der Waals surface area contributed by atoms with Gasteiger partial charge in [-0.25, -0.2) is 13.2 Å². The van der Waals surface area contributed by atoms with Crippen molar-refractivity contribution in [3.8, 4) is 35.4 Å². The minimum Gasteiger partial charge on any atom is -0.468 e. The number of terminal acetylenes is 1. The van der Waals surface area contributed by atoms with Crippen LogP contribution in [0.4, 0.5) is 19.0 Å². The number of rotatable bonds is 8. The fourth-order valence-electron chi connectivity index (χ4n) is 7.07. The number of hydrogen-bond acceptors (Lipinski definition) is 9. The van der Waals surface area contributed by atoms with Gasteiger partial charge >= 0.3 is 6.01 Å². The zero-order chi connectivity index (χ0) is 31.8. The molecule has 0 radical (unpaired) electrons. The summed E-state index contributed by atoms with van der Waals surface area (Å²) in [6.07, 6.45) is 9.24. The molecule has 12 heteroatoms. The lowest BCUT2D eigenvalue weighted by atomic mass is 9.95. The first-order valence-electron chi connectivity index (χ1n) is 15.5. The van der Waals surface area contributed by atoms with E-state index in [1.54, 1.807) is 18.2 Å². The fraction of sp³-hybridized carbons (Fsp3) is 0.441. The van der Waals surface area contributed by atoms with Crippen molar-refractivity contribution in [1.29, 1.82) is 0 Å². The van der Waals surface area contributed by atoms with Gasteiger partial charge in [0, 0.05) is 56.9 Å². The van der Waals surface area contributed by atoms with E-state index in [2.05, 4.69) is 20.8 Å². The molecule has 46 heavy (non-hydrogen) atoms. The quantitative estimate of drug-likeness (QED) is 0.191. The Bertz CT molecular complexity index is 1830. The number of hydrogen-bond donors (Lipinski definition) is 0. The van der Waals surface area contributed by atoms with Crippen LogP contribution in [-0.4, -0.2) is 91.5 Å². The molecule has 0 bridgehead atoms. The SMILES string of the molecule is C#Cc1c(F)ccc2cc(OCOC)cc(-c3ncc4c(N5CCCOCC5)nc(OC[C@@]56CCCN5C[C@H](F)C6)nc4c3F)c12. The molecule has 0 unspecified atom stereocenters. The zero-order valence-corrected chi connectivity index (χ0v) is 25.5. The number of fused-ring (bicyclic) bond motifs is 3. The van der Waals surface area contributed by atoms with Crippen LogP contribution >= 0.6 is 0 Å². The lowest BCUT2D eigenvalue weighted by Crippen LogP contribution is -2.43. The predicted octanol–water partition coefficient (Wildman–Crippen LogP) is 5.27. The summed E-state index contributed by atoms with van der Waals surface area (Å²) in [5.74, 6) is 1.88. The van der Waals surface area contributed by atoms with Gasteiger partial charge in [-0.1, -0.05) is 12.0 Å². The van der Waals surface area contributed by atoms with E-state index in [-0.39, 0.29) is 41.7 Å². The summed E-state index contributed by atoms with van der Waals surface area (Å²) in [4.78, 5) is 18.0. The number of nitrogens with zero attached hydrogens (tertiary/aromatic N) is 5. The minimum absolute atomic E-state index is 0.00959. The molecule has 5 heterocycles. The molecular weight excluding hydrogens is 599 g/mol. The van der Waals surface area contributed by atoms with E-state index < -0.39 is 23.3 Å². The molecule has 2 aromatic carbocycles. The van der Waals surface area contributed by atoms with Crippen molar-refractivity contribution < 1.29 is 32.1 Å². The highest BCUT2D eigenvalue weighted by atomic mass is 19.1. The van der Waals surface area contributed by atoms with E-state index in [1.807, 2.05) is 4.90 Å². The van der Waals surface area contributed by atoms with Crippen LogP contribution in [0.3, 0.4) is 0 Å². The standard InChI is InChI=1S/C34H34F3N5O4/c1-3-24-27(36)7-6-21-14-23(46-20-43-2)15-25(28(21)24)30-29(37)31-26(17-38-30)32(41-9-5-12-44-13-11-41)40-33(39-31)45-19-34-8-4-10-42(34)18-22(35)16-34/h1,6-7,14-15,17,22H,4-5,8-13,16,18-20H2,2H3/t22-,34+/m1/s1. The third-order valence-corrected chi connectivity index (χ3v) is 9.18. The van der Waals surface area contributed by atoms with Gasteiger partial charge in [-0.05, 0) is 49.4 Å². The molecule has 0 amide bonds. The average Bonchev–Trinajstić information content (AvgIpc) is 3.44. The molecule has 3 aliphatic heterocycles. The van der Waals surface area contributed by atoms with Gasteiger partial charge in [0.2, 0.25) is 0 Å². The van der Waals surface area contributed by atoms with Crippen LogP contribution in [0.5, 0.6) is 11.8 Å². The van der Waals surface area contributed by atoms with Gasteiger partial charge < -0.3 is 23.8 Å². The van der Waals surface area contributed by atoms with Crippen LogP contribution in [-0.2, 0) is 9.47 Å². The maximum absolute atomic E-state index is 16.9. The van der Waals surface area contributed by atoms with Crippen molar-refractivity contribution in [3.63, 3.8) is 0 Å². The lowest BCUT2D eigenvalue weighted by Gasteiger charge is -2.31. The normalized spacial score (nSPS) is 21.8. The molecule has 7 rings (SSSR count). The Morgan fingerprint density at radius 3 is 2.85 bits per heavy atom. The van der Waals surface area contributed by atoms with Crippen LogP contribution < -0.4 is 14.4 Å². The summed E-state index contributed by atoms with van der Waals surface area (Å²) in [5.41, 5.74) is -0.323. The molecule has 4 aromatic rings. The first-order valence-corrected chi connectivity index (χ1v) is 15.5. The van der Waals surface area contributed by atoms with E-state index in [4.69, 9.17) is 30.4 Å². The highest BCUT2D eigenvalue weighted by Crippen LogP contribution is 2.42. The van der Waals surface area contributed by atoms with E-state index in [0.29, 0.717) is 67.0 Å². The molecule has 0 spiro atoms. The van der Waals surface area contributed by atoms with E-state index >= 15 is 4.39 Å². The maximum Gasteiger partial charge on any atom is 0.319 e. The molecule has 3 aliphatic rings. The third kappa shape index (κ3) is 5.46. The fourth-order valence-corrected chi connectivity index (χ4v) is 7.07. The Morgan fingerprint density at radius 1 is 1.11 bits per heavy atom. The van der Waals surface area contributed by atoms with Crippen molar-refractivity contribution in [2.75, 3.05) is 64.8 Å². The molecular formula is C34H34F3N5O4. The summed E-state index contributed by atoms with van der Waals surface area (Å²) in [6.45, 7) is 3.57. The Labute approximate surface area is 264 Å². The highest BCUT2D eigenvalue weighted by Gasteiger charge is 2.49.